The molecule has 9 heteroatoms. The standard InChI is InChI=1S/C20H20N4O3S.ClH/c25-20(19-15-11-21-6-5-16(15)22-23-19)24(12-14-2-1-9-28-14)13-3-4-17-18(10-13)27-8-7-26-17;/h1-4,9-10,21H,5-8,11-12H2,(H,22,23);1H. The number of nitrogens with one attached hydrogen (secondary N) is 2. The van der Waals surface area contributed by atoms with E-state index in [4.69, 9.17) is 9.47 Å². The topological polar surface area (TPSA) is 79.5 Å². The van der Waals surface area contributed by atoms with Gasteiger partial charge in [-0.15, -0.1) is 23.7 Å². The maximum atomic E-state index is 13.5. The van der Waals surface area contributed by atoms with Crippen LogP contribution < -0.4 is 19.7 Å². The molecule has 2 aromatic heterocycles. The molecule has 0 saturated carbocycles. The lowest BCUT2D eigenvalue weighted by molar-refractivity contribution is 0.0979. The number of thiophene rings is 1. The number of ether oxygens (including phenoxy) is 2. The lowest BCUT2D eigenvalue weighted by Gasteiger charge is -2.25. The van der Waals surface area contributed by atoms with Crippen molar-refractivity contribution in [1.29, 1.82) is 0 Å². The van der Waals surface area contributed by atoms with Gasteiger partial charge in [-0.2, -0.15) is 5.10 Å². The number of halogens is 1. The third kappa shape index (κ3) is 3.83. The quantitative estimate of drug-likeness (QED) is 0.662. The Kier molecular flexibility index (Phi) is 5.75. The van der Waals surface area contributed by atoms with Crippen LogP contribution in [0, 0.1) is 0 Å². The molecule has 2 N–H and O–H groups in total. The van der Waals surface area contributed by atoms with E-state index in [9.17, 15) is 4.79 Å². The molecule has 5 rings (SSSR count). The van der Waals surface area contributed by atoms with E-state index < -0.39 is 0 Å². The van der Waals surface area contributed by atoms with Crippen molar-refractivity contribution in [3.05, 3.63) is 57.5 Å². The third-order valence-electron chi connectivity index (χ3n) is 4.99. The van der Waals surface area contributed by atoms with Gasteiger partial charge in [0.05, 0.1) is 6.54 Å². The third-order valence-corrected chi connectivity index (χ3v) is 5.85. The van der Waals surface area contributed by atoms with Crippen molar-refractivity contribution >= 4 is 35.3 Å². The number of hydrogen-bond donors (Lipinski definition) is 2. The highest BCUT2D eigenvalue weighted by Gasteiger charge is 2.28. The van der Waals surface area contributed by atoms with Gasteiger partial charge in [0.25, 0.3) is 5.91 Å². The SMILES string of the molecule is Cl.O=C(c1n[nH]c2c1CNCC2)N(Cc1cccs1)c1ccc2c(c1)OCCO2. The lowest BCUT2D eigenvalue weighted by Crippen LogP contribution is -2.32. The Bertz CT molecular complexity index is 1010. The monoisotopic (exact) mass is 432 g/mol. The van der Waals surface area contributed by atoms with E-state index in [1.807, 2.05) is 35.7 Å². The molecule has 0 unspecified atom stereocenters. The molecule has 0 spiro atoms. The second kappa shape index (κ2) is 8.44. The molecule has 2 aliphatic heterocycles. The molecular formula is C20H21ClN4O3S. The fraction of sp³-hybridized carbons (Fsp3) is 0.300. The first-order valence-corrected chi connectivity index (χ1v) is 10.2. The molecule has 0 saturated heterocycles. The van der Waals surface area contributed by atoms with Crippen LogP contribution in [0.15, 0.2) is 35.7 Å². The summed E-state index contributed by atoms with van der Waals surface area (Å²) in [5.74, 6) is 1.25. The zero-order chi connectivity index (χ0) is 18.9. The van der Waals surface area contributed by atoms with Crippen LogP contribution in [-0.2, 0) is 19.5 Å². The van der Waals surface area contributed by atoms with Crippen LogP contribution in [0.4, 0.5) is 5.69 Å². The summed E-state index contributed by atoms with van der Waals surface area (Å²) in [6.45, 7) is 3.07. The largest absolute Gasteiger partial charge is 0.486 e. The first-order chi connectivity index (χ1) is 13.8. The number of rotatable bonds is 4. The zero-order valence-corrected chi connectivity index (χ0v) is 17.3. The number of aromatic nitrogens is 2. The Morgan fingerprint density at radius 2 is 2.07 bits per heavy atom. The van der Waals surface area contributed by atoms with E-state index in [0.29, 0.717) is 43.5 Å². The van der Waals surface area contributed by atoms with Crippen LogP contribution in [0.3, 0.4) is 0 Å². The summed E-state index contributed by atoms with van der Waals surface area (Å²) >= 11 is 1.63. The number of aromatic amines is 1. The van der Waals surface area contributed by atoms with Crippen molar-refractivity contribution in [2.24, 2.45) is 0 Å². The van der Waals surface area contributed by atoms with Gasteiger partial charge in [-0.05, 0) is 23.6 Å². The maximum absolute atomic E-state index is 13.5. The smallest absolute Gasteiger partial charge is 0.279 e. The molecule has 152 valence electrons. The van der Waals surface area contributed by atoms with Gasteiger partial charge in [-0.3, -0.25) is 9.89 Å². The van der Waals surface area contributed by atoms with Crippen molar-refractivity contribution in [1.82, 2.24) is 15.5 Å². The average molecular weight is 433 g/mol. The van der Waals surface area contributed by atoms with Gasteiger partial charge in [-0.1, -0.05) is 6.07 Å². The number of amides is 1. The Morgan fingerprint density at radius 1 is 1.21 bits per heavy atom. The minimum atomic E-state index is -0.119. The summed E-state index contributed by atoms with van der Waals surface area (Å²) in [6, 6.07) is 9.66. The van der Waals surface area contributed by atoms with E-state index in [1.54, 1.807) is 16.2 Å². The minimum absolute atomic E-state index is 0. The van der Waals surface area contributed by atoms with Gasteiger partial charge < -0.3 is 19.7 Å². The molecule has 0 fully saturated rings. The number of carbonyl (C=O) groups excluding carboxylic acids is 1. The fourth-order valence-corrected chi connectivity index (χ4v) is 4.26. The molecule has 0 bridgehead atoms. The molecule has 2 aliphatic rings. The van der Waals surface area contributed by atoms with Gasteiger partial charge >= 0.3 is 0 Å². The number of carbonyl (C=O) groups is 1. The molecule has 1 amide bonds. The summed E-state index contributed by atoms with van der Waals surface area (Å²) in [4.78, 5) is 16.4. The summed E-state index contributed by atoms with van der Waals surface area (Å²) in [5.41, 5.74) is 3.25. The average Bonchev–Trinajstić information content (AvgIpc) is 3.41. The van der Waals surface area contributed by atoms with E-state index in [0.717, 1.165) is 34.8 Å². The van der Waals surface area contributed by atoms with Crippen LogP contribution >= 0.6 is 23.7 Å². The molecule has 29 heavy (non-hydrogen) atoms. The van der Waals surface area contributed by atoms with E-state index in [1.165, 1.54) is 0 Å². The minimum Gasteiger partial charge on any atom is -0.486 e. The second-order valence-electron chi connectivity index (χ2n) is 6.75. The normalized spacial score (nSPS) is 14.6. The molecular weight excluding hydrogens is 412 g/mol. The highest BCUT2D eigenvalue weighted by Crippen LogP contribution is 2.35. The second-order valence-corrected chi connectivity index (χ2v) is 7.79. The van der Waals surface area contributed by atoms with E-state index in [2.05, 4.69) is 15.5 Å². The van der Waals surface area contributed by atoms with Crippen molar-refractivity contribution in [3.8, 4) is 11.5 Å². The number of anilines is 1. The first-order valence-electron chi connectivity index (χ1n) is 9.30. The Labute approximate surface area is 178 Å². The molecule has 3 aromatic rings. The predicted molar refractivity (Wildman–Crippen MR) is 114 cm³/mol. The van der Waals surface area contributed by atoms with Crippen molar-refractivity contribution in [2.45, 2.75) is 19.5 Å². The van der Waals surface area contributed by atoms with E-state index >= 15 is 0 Å². The maximum Gasteiger partial charge on any atom is 0.279 e. The van der Waals surface area contributed by atoms with E-state index in [-0.39, 0.29) is 18.3 Å². The highest BCUT2D eigenvalue weighted by atomic mass is 35.5. The van der Waals surface area contributed by atoms with Crippen molar-refractivity contribution in [2.75, 3.05) is 24.7 Å². The van der Waals surface area contributed by atoms with Gasteiger partial charge in [0.15, 0.2) is 17.2 Å². The molecule has 4 heterocycles. The number of fused-ring (bicyclic) bond motifs is 2. The van der Waals surface area contributed by atoms with Crippen LogP contribution in [0.1, 0.15) is 26.6 Å². The molecule has 0 aliphatic carbocycles. The number of hydrogen-bond acceptors (Lipinski definition) is 6. The van der Waals surface area contributed by atoms with Gasteiger partial charge in [0, 0.05) is 47.4 Å². The molecule has 7 nitrogen and oxygen atoms in total. The van der Waals surface area contributed by atoms with Crippen molar-refractivity contribution < 1.29 is 14.3 Å². The van der Waals surface area contributed by atoms with Crippen LogP contribution in [0.5, 0.6) is 11.5 Å². The zero-order valence-electron chi connectivity index (χ0n) is 15.6. The van der Waals surface area contributed by atoms with Crippen LogP contribution in [0.25, 0.3) is 0 Å². The molecule has 0 atom stereocenters. The predicted octanol–water partition coefficient (Wildman–Crippen LogP) is 3.16. The lowest BCUT2D eigenvalue weighted by atomic mass is 10.1. The summed E-state index contributed by atoms with van der Waals surface area (Å²) in [7, 11) is 0. The summed E-state index contributed by atoms with van der Waals surface area (Å²) in [5, 5.41) is 12.7. The number of H-pyrrole nitrogens is 1. The summed E-state index contributed by atoms with van der Waals surface area (Å²) < 4.78 is 11.3. The Morgan fingerprint density at radius 3 is 2.90 bits per heavy atom. The van der Waals surface area contributed by atoms with Gasteiger partial charge in [-0.25, -0.2) is 0 Å². The van der Waals surface area contributed by atoms with Gasteiger partial charge in [0.1, 0.15) is 13.2 Å². The number of benzene rings is 1. The first kappa shape index (κ1) is 19.8. The van der Waals surface area contributed by atoms with Crippen molar-refractivity contribution in [3.63, 3.8) is 0 Å². The Balaban J connectivity index is 0.00000205. The molecule has 0 radical (unpaired) electrons. The highest BCUT2D eigenvalue weighted by molar-refractivity contribution is 7.09. The van der Waals surface area contributed by atoms with Crippen LogP contribution in [-0.4, -0.2) is 35.9 Å². The Hall–Kier alpha value is -2.55. The fourth-order valence-electron chi connectivity index (χ4n) is 3.57. The van der Waals surface area contributed by atoms with Crippen LogP contribution in [0.2, 0.25) is 0 Å². The molecule has 1 aromatic carbocycles. The summed E-state index contributed by atoms with van der Waals surface area (Å²) in [6.07, 6.45) is 0.852. The van der Waals surface area contributed by atoms with Gasteiger partial charge in [0.2, 0.25) is 0 Å². The number of nitrogens with zero attached hydrogens (tertiary/aromatic N) is 2.